The summed E-state index contributed by atoms with van der Waals surface area (Å²) in [5.74, 6) is -0.274. The first kappa shape index (κ1) is 24.6. The Balaban J connectivity index is 1.75. The Morgan fingerprint density at radius 3 is 2.64 bits per heavy atom. The molecule has 2 aliphatic rings. The molecule has 3 rings (SSSR count). The highest BCUT2D eigenvalue weighted by molar-refractivity contribution is 6.17. The fraction of sp³-hybridized carbons (Fsp3) is 0.417. The van der Waals surface area contributed by atoms with E-state index in [1.54, 1.807) is 17.1 Å². The Morgan fingerprint density at radius 2 is 2.00 bits per heavy atom. The zero-order valence-corrected chi connectivity index (χ0v) is 18.7. The number of hydrogen-bond donors (Lipinski definition) is 2. The van der Waals surface area contributed by atoms with Gasteiger partial charge in [0.1, 0.15) is 5.75 Å². The number of hydrogen-bond acceptors (Lipinski definition) is 5. The number of aliphatic hydroxyl groups is 1. The van der Waals surface area contributed by atoms with Crippen molar-refractivity contribution in [2.45, 2.75) is 33.1 Å². The molecule has 1 aromatic rings. The van der Waals surface area contributed by atoms with Crippen molar-refractivity contribution in [2.75, 3.05) is 31.6 Å². The number of rotatable bonds is 6. The van der Waals surface area contributed by atoms with Crippen molar-refractivity contribution in [2.24, 2.45) is 10.9 Å². The van der Waals surface area contributed by atoms with Gasteiger partial charge < -0.3 is 20.1 Å². The van der Waals surface area contributed by atoms with Gasteiger partial charge >= 0.3 is 6.36 Å². The van der Waals surface area contributed by atoms with E-state index in [1.807, 2.05) is 19.9 Å². The molecule has 1 fully saturated rings. The van der Waals surface area contributed by atoms with Crippen LogP contribution >= 0.6 is 0 Å². The number of alkyl halides is 3. The van der Waals surface area contributed by atoms with E-state index in [2.05, 4.69) is 15.0 Å². The Labute approximate surface area is 191 Å². The third kappa shape index (κ3) is 6.71. The number of allylic oxidation sites excluding steroid dienone is 4. The van der Waals surface area contributed by atoms with Gasteiger partial charge in [0.05, 0.1) is 5.71 Å². The van der Waals surface area contributed by atoms with Crippen molar-refractivity contribution in [1.29, 1.82) is 0 Å². The maximum absolute atomic E-state index is 13.0. The highest BCUT2D eigenvalue weighted by atomic mass is 19.4. The van der Waals surface area contributed by atoms with Crippen LogP contribution in [0, 0.1) is 5.92 Å². The smallest absolute Gasteiger partial charge is 0.406 e. The number of likely N-dealkylation sites (tertiary alicyclic amines) is 1. The average Bonchev–Trinajstić information content (AvgIpc) is 2.79. The van der Waals surface area contributed by atoms with E-state index in [9.17, 15) is 23.1 Å². The summed E-state index contributed by atoms with van der Waals surface area (Å²) in [4.78, 5) is 19.3. The van der Waals surface area contributed by atoms with Crippen LogP contribution < -0.4 is 10.1 Å². The van der Waals surface area contributed by atoms with Gasteiger partial charge in [0.2, 0.25) is 0 Å². The Hall–Kier alpha value is -3.07. The highest BCUT2D eigenvalue weighted by Crippen LogP contribution is 2.26. The number of ether oxygens (including phenoxy) is 1. The first-order chi connectivity index (χ1) is 15.7. The summed E-state index contributed by atoms with van der Waals surface area (Å²) in [6, 6.07) is 5.46. The normalized spacial score (nSPS) is 21.6. The fourth-order valence-electron chi connectivity index (χ4n) is 3.89. The molecule has 0 saturated carbocycles. The molecule has 1 unspecified atom stereocenters. The molecule has 1 aliphatic carbocycles. The number of piperidine rings is 1. The summed E-state index contributed by atoms with van der Waals surface area (Å²) in [5.41, 5.74) is 3.31. The number of aliphatic imine (C=N–C) groups is 1. The molecule has 33 heavy (non-hydrogen) atoms. The number of carbonyl (C=O) groups is 1. The quantitative estimate of drug-likeness (QED) is 0.653. The van der Waals surface area contributed by atoms with Crippen LogP contribution in [0.2, 0.25) is 0 Å². The summed E-state index contributed by atoms with van der Waals surface area (Å²) >= 11 is 0. The summed E-state index contributed by atoms with van der Waals surface area (Å²) in [6.45, 7) is 5.54. The number of nitrogens with zero attached hydrogens (tertiary/aromatic N) is 2. The number of aliphatic hydroxyl groups excluding tert-OH is 1. The van der Waals surface area contributed by atoms with E-state index in [0.29, 0.717) is 36.6 Å². The van der Waals surface area contributed by atoms with E-state index >= 15 is 0 Å². The molecular weight excluding hydrogens is 435 g/mol. The van der Waals surface area contributed by atoms with E-state index in [-0.39, 0.29) is 24.2 Å². The van der Waals surface area contributed by atoms with Crippen LogP contribution in [0.4, 0.5) is 18.9 Å². The van der Waals surface area contributed by atoms with Crippen LogP contribution in [0.5, 0.6) is 5.75 Å². The average molecular weight is 464 g/mol. The maximum Gasteiger partial charge on any atom is 0.573 e. The second kappa shape index (κ2) is 10.7. The molecule has 0 radical (unpaired) electrons. The molecule has 1 aliphatic heterocycles. The zero-order valence-electron chi connectivity index (χ0n) is 18.7. The molecule has 0 aromatic heterocycles. The molecule has 0 bridgehead atoms. The lowest BCUT2D eigenvalue weighted by molar-refractivity contribution is -0.274. The summed E-state index contributed by atoms with van der Waals surface area (Å²) in [5, 5.41) is 12.6. The van der Waals surface area contributed by atoms with E-state index in [1.165, 1.54) is 24.3 Å². The standard InChI is InChI=1S/C24H28F3N3O3/c1-3-28-22-13-18(23(32)30-12-4-5-17(14-30)15-31)6-11-21(22)16(2)29-19-7-9-20(10-8-19)33-24(25,26)27/h6-11,13,17,29,31H,3-5,12,14-15H2,1-2H3/b21-16+,28-22-. The van der Waals surface area contributed by atoms with Gasteiger partial charge in [-0.3, -0.25) is 9.79 Å². The molecule has 6 nitrogen and oxygen atoms in total. The number of anilines is 1. The van der Waals surface area contributed by atoms with Crippen molar-refractivity contribution in [3.8, 4) is 5.75 Å². The molecule has 0 spiro atoms. The Kier molecular flexibility index (Phi) is 7.97. The first-order valence-electron chi connectivity index (χ1n) is 10.9. The van der Waals surface area contributed by atoms with Crippen LogP contribution in [-0.2, 0) is 4.79 Å². The van der Waals surface area contributed by atoms with Gasteiger partial charge in [-0.25, -0.2) is 0 Å². The van der Waals surface area contributed by atoms with Gasteiger partial charge in [0.25, 0.3) is 5.91 Å². The number of carbonyl (C=O) groups excluding carboxylic acids is 1. The van der Waals surface area contributed by atoms with Gasteiger partial charge in [-0.05, 0) is 69.0 Å². The summed E-state index contributed by atoms with van der Waals surface area (Å²) in [6.07, 6.45) is 2.37. The molecule has 178 valence electrons. The molecule has 9 heteroatoms. The first-order valence-corrected chi connectivity index (χ1v) is 10.9. The number of benzene rings is 1. The molecule has 1 atom stereocenters. The highest BCUT2D eigenvalue weighted by Gasteiger charge is 2.31. The molecule has 2 N–H and O–H groups in total. The molecular formula is C24H28F3N3O3. The third-order valence-electron chi connectivity index (χ3n) is 5.46. The lowest BCUT2D eigenvalue weighted by Gasteiger charge is -2.32. The summed E-state index contributed by atoms with van der Waals surface area (Å²) < 4.78 is 40.9. The molecule has 1 saturated heterocycles. The van der Waals surface area contributed by atoms with E-state index in [4.69, 9.17) is 0 Å². The second-order valence-corrected chi connectivity index (χ2v) is 7.97. The van der Waals surface area contributed by atoms with E-state index in [0.717, 1.165) is 24.1 Å². The second-order valence-electron chi connectivity index (χ2n) is 7.97. The van der Waals surface area contributed by atoms with Gasteiger partial charge in [-0.15, -0.1) is 13.2 Å². The molecule has 1 heterocycles. The van der Waals surface area contributed by atoms with Crippen molar-refractivity contribution in [3.05, 3.63) is 59.3 Å². The largest absolute Gasteiger partial charge is 0.573 e. The van der Waals surface area contributed by atoms with Crippen LogP contribution in [0.3, 0.4) is 0 Å². The SMILES string of the molecule is CC/N=C1/C=C(C(=O)N2CCCC(CO)C2)C=C/C1=C(/C)Nc1ccc(OC(F)(F)F)cc1. The Morgan fingerprint density at radius 1 is 1.27 bits per heavy atom. The van der Waals surface area contributed by atoms with Gasteiger partial charge in [-0.2, -0.15) is 0 Å². The van der Waals surface area contributed by atoms with Gasteiger partial charge in [0.15, 0.2) is 0 Å². The topological polar surface area (TPSA) is 74.2 Å². The number of amides is 1. The third-order valence-corrected chi connectivity index (χ3v) is 5.46. The predicted molar refractivity (Wildman–Crippen MR) is 121 cm³/mol. The van der Waals surface area contributed by atoms with Crippen LogP contribution in [0.25, 0.3) is 0 Å². The lowest BCUT2D eigenvalue weighted by Crippen LogP contribution is -2.41. The van der Waals surface area contributed by atoms with Crippen molar-refractivity contribution < 1.29 is 27.8 Å². The fourth-order valence-corrected chi connectivity index (χ4v) is 3.89. The van der Waals surface area contributed by atoms with Crippen molar-refractivity contribution in [1.82, 2.24) is 4.90 Å². The van der Waals surface area contributed by atoms with Crippen molar-refractivity contribution in [3.63, 3.8) is 0 Å². The minimum atomic E-state index is -4.74. The van der Waals surface area contributed by atoms with Crippen molar-refractivity contribution >= 4 is 17.3 Å². The van der Waals surface area contributed by atoms with E-state index < -0.39 is 6.36 Å². The monoisotopic (exact) mass is 463 g/mol. The Bertz CT molecular complexity index is 979. The lowest BCUT2D eigenvalue weighted by atomic mass is 9.95. The van der Waals surface area contributed by atoms with Crippen LogP contribution in [0.15, 0.2) is 64.3 Å². The number of halogens is 3. The van der Waals surface area contributed by atoms with Gasteiger partial charge in [-0.1, -0.05) is 6.08 Å². The molecule has 1 aromatic carbocycles. The minimum Gasteiger partial charge on any atom is -0.406 e. The zero-order chi connectivity index (χ0) is 24.0. The molecule has 1 amide bonds. The number of nitrogens with one attached hydrogen (secondary N) is 1. The van der Waals surface area contributed by atoms with Crippen LogP contribution in [0.1, 0.15) is 26.7 Å². The minimum absolute atomic E-state index is 0.0717. The summed E-state index contributed by atoms with van der Waals surface area (Å²) in [7, 11) is 0. The predicted octanol–water partition coefficient (Wildman–Crippen LogP) is 4.46. The van der Waals surface area contributed by atoms with Crippen LogP contribution in [-0.4, -0.2) is 54.2 Å². The maximum atomic E-state index is 13.0. The van der Waals surface area contributed by atoms with Gasteiger partial charge in [0, 0.05) is 48.8 Å².